The molecule has 8 aromatic rings. The molecule has 22 rings (SSSR count). The maximum atomic E-state index is 9.83. The number of pyridine rings is 8. The van der Waals surface area contributed by atoms with Gasteiger partial charge in [-0.3, -0.25) is 39.9 Å². The predicted octanol–water partition coefficient (Wildman–Crippen LogP) is 20.1. The highest BCUT2D eigenvalue weighted by molar-refractivity contribution is 5.54. The van der Waals surface area contributed by atoms with Crippen LogP contribution in [0, 0.1) is 0 Å². The number of anilines is 6. The van der Waals surface area contributed by atoms with Crippen LogP contribution in [0.4, 0.5) is 34.1 Å². The van der Waals surface area contributed by atoms with Crippen LogP contribution < -0.4 is 34.7 Å². The van der Waals surface area contributed by atoms with Gasteiger partial charge in [0.25, 0.3) is 0 Å². The summed E-state index contributed by atoms with van der Waals surface area (Å²) in [6.45, 7) is 41.1. The minimum absolute atomic E-state index is 0.0957. The molecule has 14 aliphatic rings. The number of piperidine rings is 5. The molecule has 12 fully saturated rings. The summed E-state index contributed by atoms with van der Waals surface area (Å²) >= 11 is 0. The first-order valence-electron chi connectivity index (χ1n) is 52.2. The molecule has 0 aromatic carbocycles. The van der Waals surface area contributed by atoms with Gasteiger partial charge in [-0.25, -0.2) is 0 Å². The first-order chi connectivity index (χ1) is 64.4. The molecule has 728 valence electrons. The van der Waals surface area contributed by atoms with E-state index in [0.29, 0.717) is 120 Å². The van der Waals surface area contributed by atoms with Gasteiger partial charge in [0.05, 0.1) is 125 Å². The van der Waals surface area contributed by atoms with Crippen molar-refractivity contribution in [3.63, 3.8) is 0 Å². The van der Waals surface area contributed by atoms with Gasteiger partial charge >= 0.3 is 0 Å². The van der Waals surface area contributed by atoms with Crippen LogP contribution in [0.3, 0.4) is 0 Å². The Labute approximate surface area is 803 Å². The second-order valence-electron chi connectivity index (χ2n) is 43.9. The molecule has 0 amide bonds. The number of nitrogens with one attached hydrogen (secondary N) is 1. The maximum absolute atomic E-state index is 9.83. The molecule has 8 aromatic heterocycles. The van der Waals surface area contributed by atoms with Crippen LogP contribution >= 0.6 is 0 Å². The van der Waals surface area contributed by atoms with Crippen LogP contribution in [0.25, 0.3) is 0 Å². The number of morpholine rings is 1. The van der Waals surface area contributed by atoms with E-state index in [0.717, 1.165) is 145 Å². The molecule has 12 saturated heterocycles. The van der Waals surface area contributed by atoms with E-state index in [1.54, 1.807) is 0 Å². The Morgan fingerprint density at radius 2 is 0.530 bits per heavy atom. The molecule has 22 heterocycles. The lowest BCUT2D eigenvalue weighted by Crippen LogP contribution is -2.44. The number of nitrogens with zero attached hydrogens (tertiary/aromatic N) is 15. The Bertz CT molecular complexity index is 4390. The van der Waals surface area contributed by atoms with E-state index >= 15 is 0 Å². The minimum Gasteiger partial charge on any atom is -0.393 e. The monoisotopic (exact) mass is 1830 g/mol. The van der Waals surface area contributed by atoms with Crippen molar-refractivity contribution in [3.8, 4) is 0 Å². The van der Waals surface area contributed by atoms with Crippen molar-refractivity contribution in [2.75, 3.05) is 62.6 Å². The molecule has 6 N–H and O–H groups in total. The first kappa shape index (κ1) is 100. The summed E-state index contributed by atoms with van der Waals surface area (Å²) in [5.74, 6) is 4.00. The van der Waals surface area contributed by atoms with E-state index in [2.05, 4.69) is 289 Å². The van der Waals surface area contributed by atoms with Crippen molar-refractivity contribution >= 4 is 34.1 Å². The topological polar surface area (TPSA) is 248 Å². The quantitative estimate of drug-likeness (QED) is 0.0592. The van der Waals surface area contributed by atoms with Crippen molar-refractivity contribution in [1.29, 1.82) is 0 Å². The summed E-state index contributed by atoms with van der Waals surface area (Å²) in [7, 11) is 2.16. The van der Waals surface area contributed by atoms with Crippen molar-refractivity contribution in [1.82, 2.24) is 50.1 Å². The van der Waals surface area contributed by atoms with Crippen LogP contribution in [0.2, 0.25) is 0 Å². The van der Waals surface area contributed by atoms with E-state index in [-0.39, 0.29) is 30.5 Å². The molecule has 16 atom stereocenters. The van der Waals surface area contributed by atoms with Crippen LogP contribution in [0.1, 0.15) is 367 Å². The average Bonchev–Trinajstić information content (AvgIpc) is 1.65. The van der Waals surface area contributed by atoms with Gasteiger partial charge in [-0.05, 0) is 311 Å². The van der Waals surface area contributed by atoms with Gasteiger partial charge in [0.2, 0.25) is 0 Å². The minimum atomic E-state index is -0.0957. The molecule has 0 aliphatic carbocycles. The molecule has 0 radical (unpaired) electrons. The fourth-order valence-corrected chi connectivity index (χ4v) is 23.6. The third-order valence-electron chi connectivity index (χ3n) is 31.0. The van der Waals surface area contributed by atoms with Gasteiger partial charge in [0.15, 0.2) is 0 Å². The molecule has 6 unspecified atom stereocenters. The number of aliphatic hydroxyl groups excluding tert-OH is 5. The van der Waals surface area contributed by atoms with E-state index in [1.165, 1.54) is 151 Å². The van der Waals surface area contributed by atoms with Crippen LogP contribution in [-0.4, -0.2) is 207 Å². The molecule has 12 bridgehead atoms. The number of hydrogen-bond donors (Lipinski definition) is 6. The van der Waals surface area contributed by atoms with Crippen molar-refractivity contribution in [2.45, 2.75) is 428 Å². The highest BCUT2D eigenvalue weighted by Gasteiger charge is 2.46. The largest absolute Gasteiger partial charge is 0.393 e. The third kappa shape index (κ3) is 25.2. The Balaban J connectivity index is 0.000000117. The van der Waals surface area contributed by atoms with Gasteiger partial charge in [-0.15, -0.1) is 0 Å². The number of ether oxygens (including phenoxy) is 1. The zero-order valence-corrected chi connectivity index (χ0v) is 84.2. The number of fused-ring (bicyclic) bond motifs is 14. The average molecular weight is 1830 g/mol. The molecule has 134 heavy (non-hydrogen) atoms. The molecule has 0 spiro atoms. The summed E-state index contributed by atoms with van der Waals surface area (Å²) in [4.78, 5) is 53.9. The van der Waals surface area contributed by atoms with Gasteiger partial charge in [-0.1, -0.05) is 123 Å². The van der Waals surface area contributed by atoms with E-state index in [9.17, 15) is 25.5 Å². The Hall–Kier alpha value is -8.32. The van der Waals surface area contributed by atoms with Crippen LogP contribution in [-0.2, 0) is 30.7 Å². The summed E-state index contributed by atoms with van der Waals surface area (Å²) in [6.07, 6.45) is 38.6. The fourth-order valence-electron chi connectivity index (χ4n) is 23.6. The number of rotatable bonds is 14. The number of aromatic nitrogens is 8. The second-order valence-corrected chi connectivity index (χ2v) is 43.9. The summed E-state index contributed by atoms with van der Waals surface area (Å²) in [6, 6.07) is 40.1. The highest BCUT2D eigenvalue weighted by Crippen LogP contribution is 2.46. The van der Waals surface area contributed by atoms with Crippen molar-refractivity contribution in [2.24, 2.45) is 0 Å². The van der Waals surface area contributed by atoms with Gasteiger partial charge in [0, 0.05) is 139 Å². The zero-order chi connectivity index (χ0) is 94.7. The number of hydrogen-bond acceptors (Lipinski definition) is 22. The SMILES string of the molecule is CC(C)c1ccc(N2C3CCC2CC(O)C3)cn1.CC(C)c1ccc(N2C[C@H]3CC[C@@H](C2)O3)cn1.CC(C)c1ccc(N2[C@@H]3CC[C@H]2CC(O)C3)cn1.CC(C)c1ccc(N2[C@@H]3CC[C@H]2CC(O)C3)cn1.CC(C)c1ccc(N2[C@@H]3CC[C@H]2CC(O)C3)cn1.CC(C)c1ccc(N2[C@@H]3CC[C@H]2CC(O)C3)cn1.CC(C)c1ccc2c(n1)CN(C)CC2.CC(C)c1ccc2c(n1)CNCC2. The predicted molar refractivity (Wildman–Crippen MR) is 545 cm³/mol. The van der Waals surface area contributed by atoms with Gasteiger partial charge < -0.3 is 69.9 Å². The molecular weight excluding hydrogens is 1670 g/mol. The van der Waals surface area contributed by atoms with Crippen LogP contribution in [0.15, 0.2) is 134 Å². The van der Waals surface area contributed by atoms with Crippen LogP contribution in [0.5, 0.6) is 0 Å². The van der Waals surface area contributed by atoms with Crippen molar-refractivity contribution < 1.29 is 30.3 Å². The smallest absolute Gasteiger partial charge is 0.0755 e. The van der Waals surface area contributed by atoms with E-state index < -0.39 is 0 Å². The molecular formula is C112H164N16O6. The maximum Gasteiger partial charge on any atom is 0.0755 e. The third-order valence-corrected chi connectivity index (χ3v) is 31.0. The molecule has 14 aliphatic heterocycles. The Kier molecular flexibility index (Phi) is 34.4. The molecule has 0 saturated carbocycles. The van der Waals surface area contributed by atoms with Gasteiger partial charge in [-0.2, -0.15) is 0 Å². The first-order valence-corrected chi connectivity index (χ1v) is 52.2. The Morgan fingerprint density at radius 3 is 0.776 bits per heavy atom. The molecule has 22 heteroatoms. The standard InChI is InChI=1S/5C15H22N2O.C14H20N2O.C12H18N2.C11H16N2/c5*1-10(2)15-6-5-13(9-16-15)17-11-3-4-12(17)8-14(18)7-11;1-10(2)14-6-3-11(7-15-14)16-8-12-4-5-13(9-16)17-12;1-9(2)11-5-4-10-6-7-14(3)8-12(10)13-11;1-8(2)10-4-3-9-5-6-12-7-11(9)13-10/h5*5-6,9-12,14,18H,3-4,7-8H2,1-2H3;3,6-7,10,12-13H,4-5,8-9H2,1-2H3;4-5,9H,6-8H2,1-3H3;3-4,8,12H,5-7H2,1-2H3/t4*11-,12+,14?;;12-,13+;;. The summed E-state index contributed by atoms with van der Waals surface area (Å²) < 4.78 is 5.85. The summed E-state index contributed by atoms with van der Waals surface area (Å²) in [5, 5.41) is 52.5. The number of aliphatic hydroxyl groups is 5. The normalized spacial score (nSPS) is 27.8. The number of likely N-dealkylation sites (N-methyl/N-ethyl adjacent to an activating group) is 1. The van der Waals surface area contributed by atoms with Gasteiger partial charge in [0.1, 0.15) is 0 Å². The Morgan fingerprint density at radius 1 is 0.291 bits per heavy atom. The zero-order valence-electron chi connectivity index (χ0n) is 84.2. The second kappa shape index (κ2) is 46.0. The molecule has 22 nitrogen and oxygen atoms in total. The van der Waals surface area contributed by atoms with E-state index in [4.69, 9.17) is 9.72 Å². The summed E-state index contributed by atoms with van der Waals surface area (Å²) in [5.41, 5.74) is 22.2. The highest BCUT2D eigenvalue weighted by atomic mass is 16.5. The van der Waals surface area contributed by atoms with Crippen molar-refractivity contribution in [3.05, 3.63) is 202 Å². The lowest BCUT2D eigenvalue weighted by atomic mass is 9.99. The van der Waals surface area contributed by atoms with E-state index in [1.807, 2.05) is 37.2 Å². The lowest BCUT2D eigenvalue weighted by molar-refractivity contribution is 0.0304. The lowest BCUT2D eigenvalue weighted by Gasteiger charge is -2.38. The fraction of sp³-hybridized carbons (Fsp3) is 0.643.